The van der Waals surface area contributed by atoms with Crippen molar-refractivity contribution in [3.8, 4) is 0 Å². The number of halogens is 1. The lowest BCUT2D eigenvalue weighted by atomic mass is 9.95. The number of ether oxygens (including phenoxy) is 3. The molecule has 0 unspecified atom stereocenters. The van der Waals surface area contributed by atoms with Crippen LogP contribution in [0.2, 0.25) is 0 Å². The molecule has 1 N–H and O–H groups in total. The van der Waals surface area contributed by atoms with E-state index in [0.29, 0.717) is 42.5 Å². The van der Waals surface area contributed by atoms with Crippen LogP contribution in [-0.2, 0) is 33.7 Å². The van der Waals surface area contributed by atoms with Crippen molar-refractivity contribution in [1.29, 1.82) is 0 Å². The predicted molar refractivity (Wildman–Crippen MR) is 155 cm³/mol. The Hall–Kier alpha value is -3.68. The number of hydrogen-bond donors (Lipinski definition) is 1. The number of sulfone groups is 1. The first-order valence-corrected chi connectivity index (χ1v) is 15.6. The average Bonchev–Trinajstić information content (AvgIpc) is 2.96. The Morgan fingerprint density at radius 2 is 1.47 bits per heavy atom. The van der Waals surface area contributed by atoms with Gasteiger partial charge in [0.25, 0.3) is 5.09 Å². The Bertz CT molecular complexity index is 1300. The third-order valence-corrected chi connectivity index (χ3v) is 7.56. The zero-order valence-electron chi connectivity index (χ0n) is 24.6. The largest absolute Gasteiger partial charge is 1.00 e. The summed E-state index contributed by atoms with van der Waals surface area (Å²) in [6.07, 6.45) is 1.54. The van der Waals surface area contributed by atoms with E-state index in [1.165, 1.54) is 17.0 Å². The molecule has 2 rings (SSSR count). The van der Waals surface area contributed by atoms with Gasteiger partial charge in [0.15, 0.2) is 9.84 Å². The predicted octanol–water partition coefficient (Wildman–Crippen LogP) is 0.00460. The maximum Gasteiger partial charge on any atom is 0.508 e. The molecule has 0 heterocycles. The summed E-state index contributed by atoms with van der Waals surface area (Å²) in [6, 6.07) is 14.7. The van der Waals surface area contributed by atoms with E-state index in [9.17, 15) is 28.1 Å². The van der Waals surface area contributed by atoms with Crippen LogP contribution in [0, 0.1) is 10.1 Å². The zero-order valence-corrected chi connectivity index (χ0v) is 26.2. The number of carbonyl (C=O) groups excluding carboxylic acids is 2. The fraction of sp³-hybridized carbons (Fsp3) is 0.448. The highest BCUT2D eigenvalue weighted by Crippen LogP contribution is 2.29. The number of nitrogens with zero attached hydrogens (tertiary/aromatic N) is 1. The van der Waals surface area contributed by atoms with Crippen LogP contribution >= 0.6 is 0 Å². The van der Waals surface area contributed by atoms with Crippen LogP contribution in [0.1, 0.15) is 44.2 Å². The summed E-state index contributed by atoms with van der Waals surface area (Å²) in [5.74, 6) is -0.608. The van der Waals surface area contributed by atoms with Crippen molar-refractivity contribution >= 4 is 33.1 Å². The zero-order chi connectivity index (χ0) is 31.0. The van der Waals surface area contributed by atoms with Gasteiger partial charge in [-0.2, -0.15) is 0 Å². The first-order chi connectivity index (χ1) is 20.1. The van der Waals surface area contributed by atoms with Gasteiger partial charge in [-0.05, 0) is 56.4 Å². The molecule has 12 nitrogen and oxygen atoms in total. The first kappa shape index (κ1) is 37.3. The van der Waals surface area contributed by atoms with Crippen LogP contribution in [-0.4, -0.2) is 77.9 Å². The van der Waals surface area contributed by atoms with Gasteiger partial charge in [-0.15, -0.1) is 10.1 Å². The van der Waals surface area contributed by atoms with Gasteiger partial charge in [-0.25, -0.2) is 18.0 Å². The summed E-state index contributed by atoms with van der Waals surface area (Å²) in [6.45, 7) is 6.31. The van der Waals surface area contributed by atoms with Crippen LogP contribution in [0.4, 0.5) is 4.79 Å². The number of hydrogen-bond acceptors (Lipinski definition) is 10. The van der Waals surface area contributed by atoms with Gasteiger partial charge in [-0.1, -0.05) is 42.5 Å². The Kier molecular flexibility index (Phi) is 16.9. The van der Waals surface area contributed by atoms with Crippen molar-refractivity contribution in [2.24, 2.45) is 0 Å². The van der Waals surface area contributed by atoms with Gasteiger partial charge < -0.3 is 36.4 Å². The molecule has 0 atom stereocenters. The van der Waals surface area contributed by atoms with E-state index in [-0.39, 0.29) is 49.3 Å². The summed E-state index contributed by atoms with van der Waals surface area (Å²) < 4.78 is 40.2. The van der Waals surface area contributed by atoms with E-state index >= 15 is 0 Å². The molecule has 238 valence electrons. The molecular weight excluding hydrogens is 604 g/mol. The van der Waals surface area contributed by atoms with Crippen LogP contribution < -0.4 is 17.3 Å². The molecule has 0 fully saturated rings. The average molecular weight is 643 g/mol. The molecule has 0 aliphatic carbocycles. The molecule has 0 saturated carbocycles. The van der Waals surface area contributed by atoms with Crippen molar-refractivity contribution in [3.63, 3.8) is 0 Å². The molecule has 0 saturated heterocycles. The Labute approximate surface area is 258 Å². The van der Waals surface area contributed by atoms with E-state index in [1.54, 1.807) is 42.5 Å². The topological polar surface area (TPSA) is 153 Å². The van der Waals surface area contributed by atoms with Crippen LogP contribution in [0.15, 0.2) is 59.5 Å². The van der Waals surface area contributed by atoms with Gasteiger partial charge in [0.05, 0.1) is 36.8 Å². The van der Waals surface area contributed by atoms with Crippen molar-refractivity contribution in [2.75, 3.05) is 52.3 Å². The first-order valence-electron chi connectivity index (χ1n) is 13.7. The van der Waals surface area contributed by atoms with Crippen LogP contribution in [0.5, 0.6) is 0 Å². The quantitative estimate of drug-likeness (QED) is 0.0587. The number of unbranched alkanes of at least 4 members (excludes halogenated alkanes) is 2. The van der Waals surface area contributed by atoms with Crippen LogP contribution in [0.3, 0.4) is 0 Å². The van der Waals surface area contributed by atoms with Crippen molar-refractivity contribution in [3.05, 3.63) is 75.8 Å². The van der Waals surface area contributed by atoms with Gasteiger partial charge in [0, 0.05) is 11.8 Å². The third-order valence-electron chi connectivity index (χ3n) is 6.43. The highest BCUT2D eigenvalue weighted by atomic mass is 35.5. The molecule has 43 heavy (non-hydrogen) atoms. The van der Waals surface area contributed by atoms with Crippen molar-refractivity contribution in [1.82, 2.24) is 0 Å². The number of nitrogens with one attached hydrogen (secondary N) is 1. The van der Waals surface area contributed by atoms with Gasteiger partial charge in [-0.3, -0.25) is 0 Å². The fourth-order valence-corrected chi connectivity index (χ4v) is 4.67. The second-order valence-corrected chi connectivity index (χ2v) is 11.4. The normalized spacial score (nSPS) is 11.6. The highest BCUT2D eigenvalue weighted by molar-refractivity contribution is 7.90. The van der Waals surface area contributed by atoms with E-state index < -0.39 is 27.0 Å². The minimum atomic E-state index is -3.46. The van der Waals surface area contributed by atoms with E-state index in [2.05, 4.69) is 18.7 Å². The van der Waals surface area contributed by atoms with Gasteiger partial charge >= 0.3 is 12.1 Å². The smallest absolute Gasteiger partial charge is 0.508 e. The molecule has 0 radical (unpaired) electrons. The minimum absolute atomic E-state index is 0. The lowest BCUT2D eigenvalue weighted by Gasteiger charge is -2.18. The standard InChI is InChI=1S/C29H38N2O10S.ClH/c1-4-30(5-2)18-21-38-28(32)27(24-12-8-6-9-13-24)26(23-14-16-25(17-15-23)42(3,36)37)22-40-29(33)39-19-10-7-11-20-41-31(34)35;/h6,8-9,12-17H,4-5,7,10-11,18-22H2,1-3H3;1H/b27-26+;. The lowest BCUT2D eigenvalue weighted by molar-refractivity contribution is -0.896. The Balaban J connectivity index is 0.00000924. The number of esters is 1. The van der Waals surface area contributed by atoms with Crippen molar-refractivity contribution < 1.29 is 59.4 Å². The second kappa shape index (κ2) is 19.5. The SMILES string of the molecule is CC[NH+](CC)CCOC(=O)/C(=C(\COC(=O)OCCCCCO[N+](=O)[O-])c1ccc(S(C)(=O)=O)cc1)c1ccccc1.[Cl-]. The third kappa shape index (κ3) is 13.4. The number of likely N-dealkylation sites (N-methyl/N-ethyl adjacent to an activating group) is 1. The Morgan fingerprint density at radius 1 is 0.837 bits per heavy atom. The highest BCUT2D eigenvalue weighted by Gasteiger charge is 2.23. The molecular formula is C29H39ClN2O10S. The molecule has 14 heteroatoms. The fourth-order valence-electron chi connectivity index (χ4n) is 4.04. The van der Waals surface area contributed by atoms with Gasteiger partial charge in [0.1, 0.15) is 19.8 Å². The number of benzene rings is 2. The molecule has 0 aliphatic rings. The summed E-state index contributed by atoms with van der Waals surface area (Å²) in [5, 5.41) is 9.33. The van der Waals surface area contributed by atoms with Crippen molar-refractivity contribution in [2.45, 2.75) is 38.0 Å². The number of carbonyl (C=O) groups is 2. The van der Waals surface area contributed by atoms with Crippen LogP contribution in [0.25, 0.3) is 11.1 Å². The minimum Gasteiger partial charge on any atom is -1.00 e. The molecule has 2 aromatic rings. The second-order valence-electron chi connectivity index (χ2n) is 9.36. The molecule has 0 amide bonds. The summed E-state index contributed by atoms with van der Waals surface area (Å²) in [4.78, 5) is 41.7. The summed E-state index contributed by atoms with van der Waals surface area (Å²) in [7, 11) is -3.46. The molecule has 0 aliphatic heterocycles. The van der Waals surface area contributed by atoms with Gasteiger partial charge in [0.2, 0.25) is 0 Å². The summed E-state index contributed by atoms with van der Waals surface area (Å²) >= 11 is 0. The Morgan fingerprint density at radius 3 is 2.05 bits per heavy atom. The lowest BCUT2D eigenvalue weighted by Crippen LogP contribution is -3.11. The maximum absolute atomic E-state index is 13.5. The van der Waals surface area contributed by atoms with E-state index in [1.807, 2.05) is 0 Å². The van der Waals surface area contributed by atoms with E-state index in [0.717, 1.165) is 19.3 Å². The molecule has 0 aromatic heterocycles. The molecule has 0 bridgehead atoms. The monoisotopic (exact) mass is 642 g/mol. The van der Waals surface area contributed by atoms with E-state index in [4.69, 9.17) is 14.2 Å². The number of quaternary nitrogens is 1. The maximum atomic E-state index is 13.5. The molecule has 2 aromatic carbocycles. The number of rotatable bonds is 18. The summed E-state index contributed by atoms with van der Waals surface area (Å²) in [5.41, 5.74) is 1.49. The molecule has 0 spiro atoms.